The first-order valence-electron chi connectivity index (χ1n) is 2.37. The summed E-state index contributed by atoms with van der Waals surface area (Å²) in [7, 11) is 1.43. The van der Waals surface area contributed by atoms with Crippen LogP contribution in [0.3, 0.4) is 0 Å². The summed E-state index contributed by atoms with van der Waals surface area (Å²) in [4.78, 5) is 7.17. The van der Waals surface area contributed by atoms with Crippen molar-refractivity contribution in [3.63, 3.8) is 0 Å². The molecule has 0 aliphatic heterocycles. The molecule has 0 amide bonds. The smallest absolute Gasteiger partial charge is 0.259 e. The lowest BCUT2D eigenvalue weighted by Gasteiger charge is -1.96. The fourth-order valence-electron chi connectivity index (χ4n) is 0.468. The van der Waals surface area contributed by atoms with E-state index in [9.17, 15) is 0 Å². The van der Waals surface area contributed by atoms with Crippen molar-refractivity contribution in [2.75, 3.05) is 7.11 Å². The van der Waals surface area contributed by atoms with Gasteiger partial charge in [-0.05, 0) is 0 Å². The van der Waals surface area contributed by atoms with Gasteiger partial charge in [-0.25, -0.2) is 4.98 Å². The summed E-state index contributed by atoms with van der Waals surface area (Å²) in [5.74, 6) is 0.157. The number of aromatic nitrogens is 2. The van der Waals surface area contributed by atoms with Gasteiger partial charge in [0.25, 0.3) is 5.88 Å². The Hall–Kier alpha value is -1.32. The third-order valence-electron chi connectivity index (χ3n) is 0.851. The summed E-state index contributed by atoms with van der Waals surface area (Å²) in [6.45, 7) is 0. The molecule has 0 bridgehead atoms. The van der Waals surface area contributed by atoms with Crippen molar-refractivity contribution in [2.45, 2.75) is 0 Å². The molecule has 0 aromatic carbocycles. The molecular weight excluding hydrogens is 120 g/mol. The maximum Gasteiger partial charge on any atom is 0.259 e. The largest absolute Gasteiger partial charge is 0.502 e. The van der Waals surface area contributed by atoms with Crippen LogP contribution in [0.25, 0.3) is 0 Å². The fourth-order valence-corrected chi connectivity index (χ4v) is 0.468. The molecule has 1 aromatic rings. The standard InChI is InChI=1S/C5H6N2O2/c1-9-5-4(8)2-6-3-7-5/h2-3,8H,1H3. The molecule has 0 aliphatic carbocycles. The minimum atomic E-state index is -0.0417. The SMILES string of the molecule is COc1ncncc1O. The maximum absolute atomic E-state index is 8.86. The van der Waals surface area contributed by atoms with E-state index in [-0.39, 0.29) is 11.6 Å². The molecule has 0 spiro atoms. The molecular formula is C5H6N2O2. The number of methoxy groups -OCH3 is 1. The van der Waals surface area contributed by atoms with Crippen LogP contribution in [0.5, 0.6) is 11.6 Å². The molecule has 0 atom stereocenters. The van der Waals surface area contributed by atoms with Crippen LogP contribution in [0, 0.1) is 0 Å². The zero-order chi connectivity index (χ0) is 6.69. The van der Waals surface area contributed by atoms with E-state index >= 15 is 0 Å². The molecule has 4 heteroatoms. The van der Waals surface area contributed by atoms with Crippen molar-refractivity contribution in [3.8, 4) is 11.6 Å². The number of ether oxygens (including phenoxy) is 1. The highest BCUT2D eigenvalue weighted by Gasteiger charge is 1.97. The van der Waals surface area contributed by atoms with Crippen molar-refractivity contribution >= 4 is 0 Å². The molecule has 48 valence electrons. The number of aromatic hydroxyl groups is 1. The van der Waals surface area contributed by atoms with Gasteiger partial charge in [-0.1, -0.05) is 0 Å². The monoisotopic (exact) mass is 126 g/mol. The molecule has 9 heavy (non-hydrogen) atoms. The molecule has 4 nitrogen and oxygen atoms in total. The van der Waals surface area contributed by atoms with Crippen molar-refractivity contribution in [3.05, 3.63) is 12.5 Å². The van der Waals surface area contributed by atoms with E-state index in [4.69, 9.17) is 5.11 Å². The lowest BCUT2D eigenvalue weighted by molar-refractivity contribution is 0.356. The number of hydrogen-bond donors (Lipinski definition) is 1. The molecule has 1 N–H and O–H groups in total. The van der Waals surface area contributed by atoms with Crippen LogP contribution >= 0.6 is 0 Å². The van der Waals surface area contributed by atoms with Crippen LogP contribution in [0.15, 0.2) is 12.5 Å². The summed E-state index contributed by atoms with van der Waals surface area (Å²) >= 11 is 0. The van der Waals surface area contributed by atoms with Gasteiger partial charge in [0.05, 0.1) is 13.3 Å². The highest BCUT2D eigenvalue weighted by atomic mass is 16.5. The topological polar surface area (TPSA) is 55.2 Å². The van der Waals surface area contributed by atoms with Crippen LogP contribution in [-0.4, -0.2) is 22.2 Å². The van der Waals surface area contributed by atoms with Crippen LogP contribution in [0.4, 0.5) is 0 Å². The summed E-state index contributed by atoms with van der Waals surface area (Å²) in [6.07, 6.45) is 2.57. The Labute approximate surface area is 52.1 Å². The van der Waals surface area contributed by atoms with Gasteiger partial charge in [0.2, 0.25) is 0 Å². The van der Waals surface area contributed by atoms with E-state index < -0.39 is 0 Å². The molecule has 0 unspecified atom stereocenters. The van der Waals surface area contributed by atoms with E-state index in [0.29, 0.717) is 0 Å². The first kappa shape index (κ1) is 5.81. The average Bonchev–Trinajstić information content (AvgIpc) is 1.89. The lowest BCUT2D eigenvalue weighted by Crippen LogP contribution is -1.87. The van der Waals surface area contributed by atoms with Gasteiger partial charge in [-0.2, -0.15) is 4.98 Å². The minimum absolute atomic E-state index is 0.0417. The second-order valence-electron chi connectivity index (χ2n) is 1.42. The van der Waals surface area contributed by atoms with Crippen molar-refractivity contribution in [1.82, 2.24) is 9.97 Å². The van der Waals surface area contributed by atoms with E-state index in [1.54, 1.807) is 0 Å². The van der Waals surface area contributed by atoms with Gasteiger partial charge in [0.1, 0.15) is 6.33 Å². The first-order valence-corrected chi connectivity index (χ1v) is 2.37. The van der Waals surface area contributed by atoms with E-state index in [2.05, 4.69) is 14.7 Å². The van der Waals surface area contributed by atoms with Gasteiger partial charge in [-0.15, -0.1) is 0 Å². The van der Waals surface area contributed by atoms with Gasteiger partial charge in [0.15, 0.2) is 5.75 Å². The third-order valence-corrected chi connectivity index (χ3v) is 0.851. The summed E-state index contributed by atoms with van der Waals surface area (Å²) < 4.78 is 4.64. The summed E-state index contributed by atoms with van der Waals surface area (Å²) in [5.41, 5.74) is 0. The number of nitrogens with zero attached hydrogens (tertiary/aromatic N) is 2. The number of hydrogen-bond acceptors (Lipinski definition) is 4. The first-order chi connectivity index (χ1) is 4.34. The van der Waals surface area contributed by atoms with Gasteiger partial charge in [0, 0.05) is 0 Å². The predicted molar refractivity (Wildman–Crippen MR) is 30.2 cm³/mol. The molecule has 1 aromatic heterocycles. The molecule has 0 radical (unpaired) electrons. The summed E-state index contributed by atoms with van der Waals surface area (Å²) in [5, 5.41) is 8.86. The quantitative estimate of drug-likeness (QED) is 0.583. The molecule has 0 fully saturated rings. The van der Waals surface area contributed by atoms with E-state index in [1.165, 1.54) is 19.6 Å². The Morgan fingerprint density at radius 3 is 2.89 bits per heavy atom. The second-order valence-corrected chi connectivity index (χ2v) is 1.42. The van der Waals surface area contributed by atoms with Crippen LogP contribution in [0.1, 0.15) is 0 Å². The Balaban J connectivity index is 3.01. The van der Waals surface area contributed by atoms with E-state index in [0.717, 1.165) is 0 Å². The maximum atomic E-state index is 8.86. The number of rotatable bonds is 1. The van der Waals surface area contributed by atoms with Gasteiger partial charge < -0.3 is 9.84 Å². The zero-order valence-corrected chi connectivity index (χ0v) is 4.90. The van der Waals surface area contributed by atoms with Crippen molar-refractivity contribution < 1.29 is 9.84 Å². The lowest BCUT2D eigenvalue weighted by atomic mass is 10.6. The molecule has 0 aliphatic rings. The second kappa shape index (κ2) is 2.30. The van der Waals surface area contributed by atoms with Crippen LogP contribution in [0.2, 0.25) is 0 Å². The molecule has 1 heterocycles. The van der Waals surface area contributed by atoms with Crippen LogP contribution < -0.4 is 4.74 Å². The predicted octanol–water partition coefficient (Wildman–Crippen LogP) is 0.191. The fraction of sp³-hybridized carbons (Fsp3) is 0.200. The average molecular weight is 126 g/mol. The van der Waals surface area contributed by atoms with E-state index in [1.807, 2.05) is 0 Å². The minimum Gasteiger partial charge on any atom is -0.502 e. The normalized spacial score (nSPS) is 9.00. The highest BCUT2D eigenvalue weighted by Crippen LogP contribution is 2.18. The molecule has 1 rings (SSSR count). The highest BCUT2D eigenvalue weighted by molar-refractivity contribution is 5.26. The molecule has 0 saturated heterocycles. The third kappa shape index (κ3) is 1.07. The Kier molecular flexibility index (Phi) is 1.48. The van der Waals surface area contributed by atoms with Gasteiger partial charge >= 0.3 is 0 Å². The Morgan fingerprint density at radius 2 is 2.44 bits per heavy atom. The summed E-state index contributed by atoms with van der Waals surface area (Å²) in [6, 6.07) is 0. The Bertz CT molecular complexity index is 202. The van der Waals surface area contributed by atoms with Crippen LogP contribution in [-0.2, 0) is 0 Å². The zero-order valence-electron chi connectivity index (χ0n) is 4.90. The van der Waals surface area contributed by atoms with Crippen molar-refractivity contribution in [1.29, 1.82) is 0 Å². The Morgan fingerprint density at radius 1 is 1.67 bits per heavy atom. The molecule has 0 saturated carbocycles. The van der Waals surface area contributed by atoms with Crippen molar-refractivity contribution in [2.24, 2.45) is 0 Å². The van der Waals surface area contributed by atoms with Gasteiger partial charge in [-0.3, -0.25) is 0 Å².